The standard InChI is InChI=1S/C12H13/c1-2-10-7-8-11-5-3-4-6-12(11)9-10/h3-8H,2,9H2,1H3/q+1. The van der Waals surface area contributed by atoms with Crippen LogP contribution < -0.4 is 0 Å². The molecule has 0 N–H and O–H groups in total. The predicted octanol–water partition coefficient (Wildman–Crippen LogP) is 3.13. The molecule has 0 atom stereocenters. The molecule has 2 rings (SSSR count). The Hall–Kier alpha value is -1.17. The molecule has 0 saturated carbocycles. The summed E-state index contributed by atoms with van der Waals surface area (Å²) in [6, 6.07) is 8.61. The second kappa shape index (κ2) is 3.06. The molecule has 1 aliphatic carbocycles. The lowest BCUT2D eigenvalue weighted by molar-refractivity contribution is 0.977. The molecular weight excluding hydrogens is 144 g/mol. The van der Waals surface area contributed by atoms with Gasteiger partial charge in [0.05, 0.1) is 12.0 Å². The molecule has 0 unspecified atom stereocenters. The van der Waals surface area contributed by atoms with Crippen LogP contribution in [-0.4, -0.2) is 0 Å². The lowest BCUT2D eigenvalue weighted by Crippen LogP contribution is -2.00. The average Bonchev–Trinajstić information content (AvgIpc) is 2.17. The van der Waals surface area contributed by atoms with Crippen molar-refractivity contribution in [1.82, 2.24) is 0 Å². The van der Waals surface area contributed by atoms with E-state index >= 15 is 0 Å². The van der Waals surface area contributed by atoms with E-state index in [9.17, 15) is 0 Å². The summed E-state index contributed by atoms with van der Waals surface area (Å²) in [6.45, 7) is 2.22. The summed E-state index contributed by atoms with van der Waals surface area (Å²) in [6.07, 6.45) is 6.79. The molecule has 0 fully saturated rings. The normalized spacial score (nSPS) is 14.6. The lowest BCUT2D eigenvalue weighted by Gasteiger charge is -2.07. The van der Waals surface area contributed by atoms with Crippen molar-refractivity contribution in [3.63, 3.8) is 0 Å². The predicted molar refractivity (Wildman–Crippen MR) is 51.9 cm³/mol. The van der Waals surface area contributed by atoms with Gasteiger partial charge in [-0.25, -0.2) is 0 Å². The van der Waals surface area contributed by atoms with Gasteiger partial charge in [0.25, 0.3) is 0 Å². The zero-order valence-corrected chi connectivity index (χ0v) is 7.38. The van der Waals surface area contributed by atoms with Crippen LogP contribution in [0, 0.1) is 6.42 Å². The van der Waals surface area contributed by atoms with Gasteiger partial charge in [-0.1, -0.05) is 6.92 Å². The van der Waals surface area contributed by atoms with Gasteiger partial charge in [-0.15, -0.1) is 0 Å². The molecule has 12 heavy (non-hydrogen) atoms. The number of fused-ring (bicyclic) bond motifs is 1. The van der Waals surface area contributed by atoms with Crippen molar-refractivity contribution in [3.05, 3.63) is 53.5 Å². The Morgan fingerprint density at radius 1 is 1.33 bits per heavy atom. The molecule has 0 aliphatic heterocycles. The van der Waals surface area contributed by atoms with Crippen LogP contribution in [0.3, 0.4) is 0 Å². The zero-order chi connectivity index (χ0) is 8.39. The van der Waals surface area contributed by atoms with Gasteiger partial charge in [-0.3, -0.25) is 0 Å². The number of hydrogen-bond acceptors (Lipinski definition) is 0. The molecule has 1 aromatic carbocycles. The molecule has 0 heterocycles. The van der Waals surface area contributed by atoms with E-state index in [4.69, 9.17) is 0 Å². The average molecular weight is 157 g/mol. The van der Waals surface area contributed by atoms with E-state index in [0.717, 1.165) is 6.42 Å². The van der Waals surface area contributed by atoms with Crippen molar-refractivity contribution in [2.75, 3.05) is 0 Å². The molecule has 0 amide bonds. The van der Waals surface area contributed by atoms with Crippen molar-refractivity contribution in [3.8, 4) is 0 Å². The van der Waals surface area contributed by atoms with Crippen LogP contribution in [-0.2, 0) is 6.42 Å². The third-order valence-corrected chi connectivity index (χ3v) is 2.43. The molecule has 0 radical (unpaired) electrons. The van der Waals surface area contributed by atoms with Gasteiger partial charge in [0.1, 0.15) is 0 Å². The summed E-state index contributed by atoms with van der Waals surface area (Å²) in [5.41, 5.74) is 4.39. The maximum Gasteiger partial charge on any atom is 0.0994 e. The highest BCUT2D eigenvalue weighted by Crippen LogP contribution is 2.23. The highest BCUT2D eigenvalue weighted by molar-refractivity contribution is 5.43. The molecule has 0 heteroatoms. The van der Waals surface area contributed by atoms with Gasteiger partial charge in [0, 0.05) is 36.1 Å². The Kier molecular flexibility index (Phi) is 1.91. The van der Waals surface area contributed by atoms with Gasteiger partial charge in [-0.2, -0.15) is 0 Å². The molecule has 1 aliphatic rings. The van der Waals surface area contributed by atoms with Crippen LogP contribution >= 0.6 is 0 Å². The van der Waals surface area contributed by atoms with E-state index in [2.05, 4.69) is 43.7 Å². The second-order valence-electron chi connectivity index (χ2n) is 3.22. The Bertz CT molecular complexity index is 308. The molecule has 0 nitrogen and oxygen atoms in total. The third-order valence-electron chi connectivity index (χ3n) is 2.43. The summed E-state index contributed by atoms with van der Waals surface area (Å²) in [5, 5.41) is 0. The van der Waals surface area contributed by atoms with E-state index in [1.165, 1.54) is 23.1 Å². The molecular formula is C12H13+. The minimum absolute atomic E-state index is 1.14. The zero-order valence-electron chi connectivity index (χ0n) is 7.38. The number of allylic oxidation sites excluding steroid dienone is 2. The maximum atomic E-state index is 2.25. The monoisotopic (exact) mass is 157 g/mol. The van der Waals surface area contributed by atoms with Crippen molar-refractivity contribution < 1.29 is 0 Å². The molecule has 60 valence electrons. The van der Waals surface area contributed by atoms with Gasteiger partial charge in [0.15, 0.2) is 0 Å². The van der Waals surface area contributed by atoms with Crippen molar-refractivity contribution >= 4 is 0 Å². The number of benzene rings is 1. The first kappa shape index (κ1) is 7.48. The third kappa shape index (κ3) is 1.25. The Balaban J connectivity index is 2.31. The van der Waals surface area contributed by atoms with Crippen LogP contribution in [0.4, 0.5) is 0 Å². The van der Waals surface area contributed by atoms with E-state index in [0.29, 0.717) is 0 Å². The highest BCUT2D eigenvalue weighted by atomic mass is 14.1. The summed E-state index contributed by atoms with van der Waals surface area (Å²) in [5.74, 6) is 0. The first-order chi connectivity index (χ1) is 5.90. The molecule has 0 bridgehead atoms. The Labute approximate surface area is 73.9 Å². The fourth-order valence-corrected chi connectivity index (χ4v) is 1.61. The van der Waals surface area contributed by atoms with Gasteiger partial charge in [-0.05, 0) is 18.2 Å². The largest absolute Gasteiger partial charge is 0.0994 e. The first-order valence-corrected chi connectivity index (χ1v) is 4.51. The minimum Gasteiger partial charge on any atom is -0.0529 e. The fourth-order valence-electron chi connectivity index (χ4n) is 1.61. The maximum absolute atomic E-state index is 2.25. The highest BCUT2D eigenvalue weighted by Gasteiger charge is 2.15. The summed E-state index contributed by atoms with van der Waals surface area (Å²) >= 11 is 0. The number of hydrogen-bond donors (Lipinski definition) is 0. The Morgan fingerprint density at radius 3 is 3.00 bits per heavy atom. The minimum atomic E-state index is 1.14. The second-order valence-corrected chi connectivity index (χ2v) is 3.22. The molecule has 0 saturated heterocycles. The molecule has 0 aromatic heterocycles. The van der Waals surface area contributed by atoms with Gasteiger partial charge in [0.2, 0.25) is 0 Å². The molecule has 1 aromatic rings. The van der Waals surface area contributed by atoms with E-state index in [1.807, 2.05) is 0 Å². The van der Waals surface area contributed by atoms with Crippen LogP contribution in [0.25, 0.3) is 0 Å². The van der Waals surface area contributed by atoms with Crippen LogP contribution in [0.15, 0.2) is 35.9 Å². The van der Waals surface area contributed by atoms with E-state index in [1.54, 1.807) is 0 Å². The quantitative estimate of drug-likeness (QED) is 0.549. The fraction of sp³-hybridized carbons (Fsp3) is 0.250. The van der Waals surface area contributed by atoms with Crippen LogP contribution in [0.1, 0.15) is 24.5 Å². The van der Waals surface area contributed by atoms with Crippen molar-refractivity contribution in [2.45, 2.75) is 19.8 Å². The van der Waals surface area contributed by atoms with Crippen molar-refractivity contribution in [1.29, 1.82) is 0 Å². The summed E-state index contributed by atoms with van der Waals surface area (Å²) < 4.78 is 0. The van der Waals surface area contributed by atoms with Crippen molar-refractivity contribution in [2.24, 2.45) is 0 Å². The smallest absolute Gasteiger partial charge is 0.0529 e. The van der Waals surface area contributed by atoms with E-state index in [-0.39, 0.29) is 0 Å². The van der Waals surface area contributed by atoms with Gasteiger partial charge >= 0.3 is 0 Å². The topological polar surface area (TPSA) is 0 Å². The Morgan fingerprint density at radius 2 is 2.17 bits per heavy atom. The summed E-state index contributed by atoms with van der Waals surface area (Å²) in [7, 11) is 0. The lowest BCUT2D eigenvalue weighted by atomic mass is 9.91. The van der Waals surface area contributed by atoms with Gasteiger partial charge < -0.3 is 0 Å². The van der Waals surface area contributed by atoms with Crippen LogP contribution in [0.5, 0.6) is 0 Å². The van der Waals surface area contributed by atoms with E-state index < -0.39 is 0 Å². The van der Waals surface area contributed by atoms with Crippen LogP contribution in [0.2, 0.25) is 0 Å². The molecule has 0 spiro atoms. The number of rotatable bonds is 1. The SMILES string of the molecule is CCC1=C[CH+]c2ccccc2C1. The summed E-state index contributed by atoms with van der Waals surface area (Å²) in [4.78, 5) is 0. The first-order valence-electron chi connectivity index (χ1n) is 4.51.